The summed E-state index contributed by atoms with van der Waals surface area (Å²) in [5, 5.41) is 4.16. The van der Waals surface area contributed by atoms with Crippen LogP contribution >= 0.6 is 11.3 Å². The van der Waals surface area contributed by atoms with E-state index in [2.05, 4.69) is 23.5 Å². The number of hydrogen-bond donors (Lipinski definition) is 1. The van der Waals surface area contributed by atoms with E-state index in [1.807, 2.05) is 19.9 Å². The first-order chi connectivity index (χ1) is 9.01. The molecule has 1 amide bonds. The number of nitrogens with one attached hydrogen (secondary N) is 1. The van der Waals surface area contributed by atoms with E-state index in [1.54, 1.807) is 18.4 Å². The summed E-state index contributed by atoms with van der Waals surface area (Å²) in [6.07, 6.45) is 2.56. The van der Waals surface area contributed by atoms with Crippen molar-refractivity contribution >= 4 is 29.0 Å². The lowest BCUT2D eigenvalue weighted by Crippen LogP contribution is -2.31. The fourth-order valence-corrected chi connectivity index (χ4v) is 3.16. The summed E-state index contributed by atoms with van der Waals surface area (Å²) in [5.74, 6) is 1.01. The maximum atomic E-state index is 11.2. The summed E-state index contributed by atoms with van der Waals surface area (Å²) >= 11 is 1.69. The number of nitrogens with zero attached hydrogens (tertiary/aromatic N) is 1. The molecule has 1 aromatic rings. The van der Waals surface area contributed by atoms with E-state index in [0.29, 0.717) is 6.42 Å². The van der Waals surface area contributed by atoms with Gasteiger partial charge in [0, 0.05) is 17.2 Å². The third-order valence-electron chi connectivity index (χ3n) is 3.08. The van der Waals surface area contributed by atoms with Crippen LogP contribution in [0, 0.1) is 12.8 Å². The number of allylic oxidation sites excluding steroid dienone is 1. The Morgan fingerprint density at radius 3 is 3.00 bits per heavy atom. The molecule has 1 unspecified atom stereocenters. The monoisotopic (exact) mass is 278 g/mol. The summed E-state index contributed by atoms with van der Waals surface area (Å²) < 4.78 is 5.35. The van der Waals surface area contributed by atoms with Crippen LogP contribution in [0.4, 0.5) is 0 Å². The van der Waals surface area contributed by atoms with Gasteiger partial charge in [-0.2, -0.15) is 5.10 Å². The number of thiophene rings is 1. The molecule has 1 N–H and O–H groups in total. The maximum absolute atomic E-state index is 11.2. The third kappa shape index (κ3) is 3.04. The van der Waals surface area contributed by atoms with E-state index in [1.165, 1.54) is 4.88 Å². The molecular weight excluding hydrogens is 260 g/mol. The second kappa shape index (κ2) is 5.57. The summed E-state index contributed by atoms with van der Waals surface area (Å²) in [7, 11) is 1.68. The molecular formula is C14H18N2O2S. The van der Waals surface area contributed by atoms with Crippen LogP contribution in [0.2, 0.25) is 0 Å². The van der Waals surface area contributed by atoms with Gasteiger partial charge in [0.2, 0.25) is 5.91 Å². The Balaban J connectivity index is 2.30. The molecule has 0 spiro atoms. The Morgan fingerprint density at radius 2 is 2.37 bits per heavy atom. The minimum Gasteiger partial charge on any atom is -0.495 e. The lowest BCUT2D eigenvalue weighted by atomic mass is 9.94. The van der Waals surface area contributed by atoms with Gasteiger partial charge < -0.3 is 4.74 Å². The first-order valence-corrected chi connectivity index (χ1v) is 7.02. The van der Waals surface area contributed by atoms with Gasteiger partial charge in [-0.1, -0.05) is 6.92 Å². The van der Waals surface area contributed by atoms with Gasteiger partial charge in [0.15, 0.2) is 0 Å². The number of carbonyl (C=O) groups excluding carboxylic acids is 1. The van der Waals surface area contributed by atoms with Gasteiger partial charge in [0.05, 0.1) is 17.7 Å². The molecule has 1 aliphatic rings. The molecule has 2 rings (SSSR count). The molecule has 0 fully saturated rings. The smallest absolute Gasteiger partial charge is 0.240 e. The van der Waals surface area contributed by atoms with Crippen LogP contribution in [0.3, 0.4) is 0 Å². The van der Waals surface area contributed by atoms with Gasteiger partial charge in [-0.05, 0) is 31.6 Å². The number of hydrazone groups is 1. The Labute approximate surface area is 117 Å². The van der Waals surface area contributed by atoms with E-state index in [9.17, 15) is 4.79 Å². The molecule has 1 aliphatic heterocycles. The molecule has 1 aromatic heterocycles. The van der Waals surface area contributed by atoms with Crippen molar-refractivity contribution in [3.05, 3.63) is 21.4 Å². The van der Waals surface area contributed by atoms with Gasteiger partial charge >= 0.3 is 0 Å². The van der Waals surface area contributed by atoms with Crippen LogP contribution < -0.4 is 10.2 Å². The van der Waals surface area contributed by atoms with Gasteiger partial charge in [0.25, 0.3) is 0 Å². The van der Waals surface area contributed by atoms with Crippen molar-refractivity contribution in [1.82, 2.24) is 5.43 Å². The fourth-order valence-electron chi connectivity index (χ4n) is 2.17. The highest BCUT2D eigenvalue weighted by Crippen LogP contribution is 2.31. The van der Waals surface area contributed by atoms with Gasteiger partial charge in [0.1, 0.15) is 5.75 Å². The first kappa shape index (κ1) is 13.8. The van der Waals surface area contributed by atoms with Crippen LogP contribution in [-0.2, 0) is 4.79 Å². The quantitative estimate of drug-likeness (QED) is 0.924. The normalized spacial score (nSPS) is 20.0. The minimum atomic E-state index is -0.0198. The second-order valence-electron chi connectivity index (χ2n) is 4.75. The summed E-state index contributed by atoms with van der Waals surface area (Å²) in [6.45, 7) is 6.09. The Kier molecular flexibility index (Phi) is 4.04. The molecule has 19 heavy (non-hydrogen) atoms. The number of carbonyl (C=O) groups is 1. The van der Waals surface area contributed by atoms with Crippen LogP contribution in [0.1, 0.15) is 30.0 Å². The van der Waals surface area contributed by atoms with Crippen molar-refractivity contribution in [2.75, 3.05) is 7.11 Å². The van der Waals surface area contributed by atoms with Crippen molar-refractivity contribution in [1.29, 1.82) is 0 Å². The number of aryl methyl sites for hydroxylation is 1. The largest absolute Gasteiger partial charge is 0.495 e. The van der Waals surface area contributed by atoms with E-state index >= 15 is 0 Å². The summed E-state index contributed by atoms with van der Waals surface area (Å²) in [6, 6.07) is 2.03. The molecule has 102 valence electrons. The van der Waals surface area contributed by atoms with E-state index in [-0.39, 0.29) is 11.8 Å². The van der Waals surface area contributed by atoms with Crippen molar-refractivity contribution < 1.29 is 9.53 Å². The number of rotatable bonds is 3. The molecule has 1 atom stereocenters. The fraction of sp³-hybridized carbons (Fsp3) is 0.429. The van der Waals surface area contributed by atoms with Crippen molar-refractivity contribution in [2.45, 2.75) is 27.2 Å². The van der Waals surface area contributed by atoms with Crippen LogP contribution in [0.5, 0.6) is 5.75 Å². The molecule has 0 aromatic carbocycles. The molecule has 0 radical (unpaired) electrons. The number of hydrogen-bond acceptors (Lipinski definition) is 4. The topological polar surface area (TPSA) is 50.7 Å². The highest BCUT2D eigenvalue weighted by Gasteiger charge is 2.21. The maximum Gasteiger partial charge on any atom is 0.240 e. The first-order valence-electron chi connectivity index (χ1n) is 6.20. The molecule has 0 bridgehead atoms. The SMILES string of the molecule is COc1cc(C)sc1C=C(C)C1=NNC(=O)CC1C. The van der Waals surface area contributed by atoms with Gasteiger partial charge in [-0.25, -0.2) is 5.43 Å². The van der Waals surface area contributed by atoms with Gasteiger partial charge in [-0.15, -0.1) is 11.3 Å². The van der Waals surface area contributed by atoms with E-state index in [4.69, 9.17) is 4.74 Å². The average Bonchev–Trinajstić information content (AvgIpc) is 2.69. The molecule has 0 aliphatic carbocycles. The van der Waals surface area contributed by atoms with Gasteiger partial charge in [-0.3, -0.25) is 4.79 Å². The molecule has 2 heterocycles. The van der Waals surface area contributed by atoms with Crippen LogP contribution in [0.25, 0.3) is 6.08 Å². The highest BCUT2D eigenvalue weighted by atomic mass is 32.1. The number of ether oxygens (including phenoxy) is 1. The zero-order chi connectivity index (χ0) is 14.0. The second-order valence-corrected chi connectivity index (χ2v) is 6.04. The number of methoxy groups -OCH3 is 1. The summed E-state index contributed by atoms with van der Waals surface area (Å²) in [4.78, 5) is 13.5. The molecule has 5 heteroatoms. The zero-order valence-electron chi connectivity index (χ0n) is 11.6. The molecule has 4 nitrogen and oxygen atoms in total. The van der Waals surface area contributed by atoms with E-state index in [0.717, 1.165) is 21.9 Å². The predicted octanol–water partition coefficient (Wildman–Crippen LogP) is 2.98. The molecule has 0 saturated carbocycles. The van der Waals surface area contributed by atoms with Crippen LogP contribution in [0.15, 0.2) is 16.7 Å². The van der Waals surface area contributed by atoms with Crippen molar-refractivity contribution in [3.8, 4) is 5.75 Å². The molecule has 0 saturated heterocycles. The van der Waals surface area contributed by atoms with Crippen molar-refractivity contribution in [2.24, 2.45) is 11.0 Å². The lowest BCUT2D eigenvalue weighted by Gasteiger charge is -2.19. The Bertz CT molecular complexity index is 558. The minimum absolute atomic E-state index is 0.0198. The standard InChI is InChI=1S/C14H18N2O2S/c1-8(14-9(2)6-13(17)15-16-14)5-12-11(18-4)7-10(3)19-12/h5,7,9H,6H2,1-4H3,(H,15,17). The highest BCUT2D eigenvalue weighted by molar-refractivity contribution is 7.13. The Morgan fingerprint density at radius 1 is 1.63 bits per heavy atom. The number of amides is 1. The lowest BCUT2D eigenvalue weighted by molar-refractivity contribution is -0.121. The van der Waals surface area contributed by atoms with Crippen LogP contribution in [-0.4, -0.2) is 18.7 Å². The zero-order valence-corrected chi connectivity index (χ0v) is 12.4. The Hall–Kier alpha value is -1.62. The predicted molar refractivity (Wildman–Crippen MR) is 78.6 cm³/mol. The third-order valence-corrected chi connectivity index (χ3v) is 4.06. The van der Waals surface area contributed by atoms with Crippen molar-refractivity contribution in [3.63, 3.8) is 0 Å². The summed E-state index contributed by atoms with van der Waals surface area (Å²) in [5.41, 5.74) is 4.54. The van der Waals surface area contributed by atoms with E-state index < -0.39 is 0 Å². The average molecular weight is 278 g/mol.